The molecule has 4 nitrogen and oxygen atoms in total. The molecule has 0 amide bonds. The van der Waals surface area contributed by atoms with Crippen molar-refractivity contribution in [1.82, 2.24) is 9.78 Å². The fourth-order valence-electron chi connectivity index (χ4n) is 1.51. The van der Waals surface area contributed by atoms with Crippen LogP contribution in [0.1, 0.15) is 0 Å². The van der Waals surface area contributed by atoms with Gasteiger partial charge in [-0.15, -0.1) is 0 Å². The van der Waals surface area contributed by atoms with E-state index in [1.807, 2.05) is 0 Å². The number of alkyl halides is 2. The Balaban J connectivity index is 2.27. The first-order valence-corrected chi connectivity index (χ1v) is 5.02. The van der Waals surface area contributed by atoms with E-state index >= 15 is 0 Å². The number of anilines is 2. The van der Waals surface area contributed by atoms with Crippen LogP contribution in [-0.2, 0) is 6.54 Å². The van der Waals surface area contributed by atoms with Gasteiger partial charge in [0, 0.05) is 11.8 Å². The fourth-order valence-corrected chi connectivity index (χ4v) is 1.51. The van der Waals surface area contributed by atoms with Crippen molar-refractivity contribution in [2.75, 3.05) is 11.5 Å². The maximum Gasteiger partial charge on any atom is 0.257 e. The summed E-state index contributed by atoms with van der Waals surface area (Å²) in [7, 11) is 0. The molecule has 1 aromatic heterocycles. The zero-order valence-electron chi connectivity index (χ0n) is 8.98. The Morgan fingerprint density at radius 2 is 1.94 bits per heavy atom. The normalized spacial score (nSPS) is 11.0. The van der Waals surface area contributed by atoms with Crippen molar-refractivity contribution in [1.29, 1.82) is 0 Å². The fraction of sp³-hybridized carbons (Fsp3) is 0.182. The molecule has 1 aromatic carbocycles. The van der Waals surface area contributed by atoms with E-state index in [2.05, 4.69) is 5.10 Å². The molecule has 0 fully saturated rings. The zero-order chi connectivity index (χ0) is 12.4. The molecule has 0 spiro atoms. The molecular weight excluding hydrogens is 226 g/mol. The summed E-state index contributed by atoms with van der Waals surface area (Å²) in [5.41, 5.74) is 13.8. The average molecular weight is 238 g/mol. The van der Waals surface area contributed by atoms with Crippen molar-refractivity contribution in [3.63, 3.8) is 0 Å². The molecule has 0 bridgehead atoms. The second kappa shape index (κ2) is 4.40. The number of benzene rings is 1. The molecule has 6 heteroatoms. The summed E-state index contributed by atoms with van der Waals surface area (Å²) in [4.78, 5) is 0. The molecule has 0 aliphatic heterocycles. The van der Waals surface area contributed by atoms with Gasteiger partial charge in [0.05, 0.1) is 17.6 Å². The van der Waals surface area contributed by atoms with Gasteiger partial charge in [-0.1, -0.05) is 6.07 Å². The molecule has 0 unspecified atom stereocenters. The van der Waals surface area contributed by atoms with Gasteiger partial charge in [0.15, 0.2) is 0 Å². The highest BCUT2D eigenvalue weighted by molar-refractivity contribution is 5.73. The van der Waals surface area contributed by atoms with Crippen LogP contribution in [0.4, 0.5) is 20.2 Å². The summed E-state index contributed by atoms with van der Waals surface area (Å²) < 4.78 is 25.5. The lowest BCUT2D eigenvalue weighted by Crippen LogP contribution is -2.06. The number of nitrogens with zero attached hydrogens (tertiary/aromatic N) is 2. The van der Waals surface area contributed by atoms with Crippen LogP contribution < -0.4 is 11.5 Å². The Bertz CT molecular complexity index is 522. The molecule has 0 aliphatic carbocycles. The molecule has 2 rings (SSSR count). The highest BCUT2D eigenvalue weighted by Gasteiger charge is 2.07. The highest BCUT2D eigenvalue weighted by atomic mass is 19.3. The third-order valence-electron chi connectivity index (χ3n) is 2.38. The third kappa shape index (κ3) is 2.52. The Kier molecular flexibility index (Phi) is 2.95. The van der Waals surface area contributed by atoms with Crippen molar-refractivity contribution in [2.45, 2.75) is 13.0 Å². The van der Waals surface area contributed by atoms with Crippen LogP contribution in [0.3, 0.4) is 0 Å². The summed E-state index contributed by atoms with van der Waals surface area (Å²) >= 11 is 0. The van der Waals surface area contributed by atoms with Crippen LogP contribution in [0.25, 0.3) is 11.1 Å². The van der Waals surface area contributed by atoms with E-state index in [0.29, 0.717) is 11.4 Å². The van der Waals surface area contributed by atoms with Gasteiger partial charge < -0.3 is 11.5 Å². The number of hydrogen-bond donors (Lipinski definition) is 2. The number of nitrogens with two attached hydrogens (primary N) is 2. The zero-order valence-corrected chi connectivity index (χ0v) is 8.98. The number of nitrogen functional groups attached to an aromatic ring is 2. The lowest BCUT2D eigenvalue weighted by atomic mass is 10.1. The van der Waals surface area contributed by atoms with Gasteiger partial charge in [-0.2, -0.15) is 5.10 Å². The molecule has 0 saturated carbocycles. The van der Waals surface area contributed by atoms with Crippen molar-refractivity contribution in [2.24, 2.45) is 0 Å². The topological polar surface area (TPSA) is 69.9 Å². The van der Waals surface area contributed by atoms with Gasteiger partial charge in [0.1, 0.15) is 6.54 Å². The minimum absolute atomic E-state index is 0.412. The molecule has 17 heavy (non-hydrogen) atoms. The molecule has 1 heterocycles. The summed E-state index contributed by atoms with van der Waals surface area (Å²) in [6, 6.07) is 5.14. The van der Waals surface area contributed by atoms with E-state index in [9.17, 15) is 8.78 Å². The van der Waals surface area contributed by atoms with Crippen molar-refractivity contribution in [3.05, 3.63) is 30.6 Å². The first-order valence-electron chi connectivity index (χ1n) is 5.02. The van der Waals surface area contributed by atoms with Crippen LogP contribution in [0.15, 0.2) is 30.6 Å². The van der Waals surface area contributed by atoms with Gasteiger partial charge in [0.25, 0.3) is 6.43 Å². The van der Waals surface area contributed by atoms with E-state index < -0.39 is 13.0 Å². The molecule has 0 radical (unpaired) electrons. The van der Waals surface area contributed by atoms with E-state index in [-0.39, 0.29) is 0 Å². The Labute approximate surface area is 96.8 Å². The molecule has 2 aromatic rings. The predicted molar refractivity (Wildman–Crippen MR) is 62.5 cm³/mol. The Morgan fingerprint density at radius 1 is 1.18 bits per heavy atom. The first kappa shape index (κ1) is 11.4. The van der Waals surface area contributed by atoms with E-state index in [1.54, 1.807) is 24.4 Å². The molecule has 0 aliphatic rings. The molecular formula is C11H12F2N4. The lowest BCUT2D eigenvalue weighted by molar-refractivity contribution is 0.122. The summed E-state index contributed by atoms with van der Waals surface area (Å²) in [5, 5.41) is 3.85. The van der Waals surface area contributed by atoms with E-state index in [0.717, 1.165) is 11.1 Å². The highest BCUT2D eigenvalue weighted by Crippen LogP contribution is 2.24. The average Bonchev–Trinajstić information content (AvgIpc) is 2.69. The van der Waals surface area contributed by atoms with Crippen LogP contribution in [0, 0.1) is 0 Å². The van der Waals surface area contributed by atoms with E-state index in [1.165, 1.54) is 10.9 Å². The quantitative estimate of drug-likeness (QED) is 0.803. The van der Waals surface area contributed by atoms with Crippen LogP contribution in [-0.4, -0.2) is 16.2 Å². The van der Waals surface area contributed by atoms with E-state index in [4.69, 9.17) is 11.5 Å². The predicted octanol–water partition coefficient (Wildman–Crippen LogP) is 1.98. The molecule has 90 valence electrons. The molecule has 4 N–H and O–H groups in total. The maximum absolute atomic E-state index is 12.2. The molecule has 0 atom stereocenters. The lowest BCUT2D eigenvalue weighted by Gasteiger charge is -2.02. The van der Waals surface area contributed by atoms with Crippen molar-refractivity contribution < 1.29 is 8.78 Å². The number of hydrogen-bond acceptors (Lipinski definition) is 3. The van der Waals surface area contributed by atoms with Gasteiger partial charge in [-0.3, -0.25) is 4.68 Å². The molecule has 0 saturated heterocycles. The smallest absolute Gasteiger partial charge is 0.257 e. The van der Waals surface area contributed by atoms with Gasteiger partial charge in [0.2, 0.25) is 0 Å². The standard InChI is InChI=1S/C11H12F2N4/c12-11(13)6-17-5-8(4-16-17)7-1-2-9(14)10(15)3-7/h1-5,11H,6,14-15H2. The SMILES string of the molecule is Nc1ccc(-c2cnn(CC(F)F)c2)cc1N. The Hall–Kier alpha value is -2.11. The maximum atomic E-state index is 12.2. The van der Waals surface area contributed by atoms with Crippen LogP contribution >= 0.6 is 0 Å². The van der Waals surface area contributed by atoms with Crippen LogP contribution in [0.2, 0.25) is 0 Å². The largest absolute Gasteiger partial charge is 0.397 e. The van der Waals surface area contributed by atoms with Crippen molar-refractivity contribution in [3.8, 4) is 11.1 Å². The minimum Gasteiger partial charge on any atom is -0.397 e. The number of halogens is 2. The summed E-state index contributed by atoms with van der Waals surface area (Å²) in [5.74, 6) is 0. The summed E-state index contributed by atoms with van der Waals surface area (Å²) in [6.45, 7) is -0.412. The Morgan fingerprint density at radius 3 is 2.59 bits per heavy atom. The first-order chi connectivity index (χ1) is 8.06. The minimum atomic E-state index is -2.42. The van der Waals surface area contributed by atoms with Gasteiger partial charge >= 0.3 is 0 Å². The van der Waals surface area contributed by atoms with Crippen molar-refractivity contribution >= 4 is 11.4 Å². The third-order valence-corrected chi connectivity index (χ3v) is 2.38. The van der Waals surface area contributed by atoms with Gasteiger partial charge in [-0.05, 0) is 17.7 Å². The van der Waals surface area contributed by atoms with Crippen LogP contribution in [0.5, 0.6) is 0 Å². The number of aromatic nitrogens is 2. The second-order valence-electron chi connectivity index (χ2n) is 3.69. The monoisotopic (exact) mass is 238 g/mol. The summed E-state index contributed by atoms with van der Waals surface area (Å²) in [6.07, 6.45) is 0.657. The van der Waals surface area contributed by atoms with Gasteiger partial charge in [-0.25, -0.2) is 8.78 Å². The number of rotatable bonds is 3. The second-order valence-corrected chi connectivity index (χ2v) is 3.69.